The summed E-state index contributed by atoms with van der Waals surface area (Å²) in [6.07, 6.45) is 1.48. The van der Waals surface area contributed by atoms with Crippen LogP contribution in [0.1, 0.15) is 12.5 Å². The Balaban J connectivity index is 1.68. The van der Waals surface area contributed by atoms with Gasteiger partial charge in [-0.15, -0.1) is 0 Å². The number of halogens is 1. The van der Waals surface area contributed by atoms with Gasteiger partial charge in [0, 0.05) is 43.8 Å². The van der Waals surface area contributed by atoms with Crippen LogP contribution in [0.4, 0.5) is 0 Å². The van der Waals surface area contributed by atoms with Gasteiger partial charge < -0.3 is 5.11 Å². The van der Waals surface area contributed by atoms with E-state index >= 15 is 0 Å². The van der Waals surface area contributed by atoms with E-state index in [0.29, 0.717) is 5.15 Å². The predicted octanol–water partition coefficient (Wildman–Crippen LogP) is 3.72. The third kappa shape index (κ3) is 5.19. The van der Waals surface area contributed by atoms with E-state index in [2.05, 4.69) is 39.3 Å². The molecular weight excluding hydrogens is 354 g/mol. The van der Waals surface area contributed by atoms with E-state index in [1.54, 1.807) is 6.20 Å². The number of nitrogens with zero attached hydrogens (tertiary/aromatic N) is 3. The Morgan fingerprint density at radius 3 is 2.56 bits per heavy atom. The fourth-order valence-electron chi connectivity index (χ4n) is 2.98. The van der Waals surface area contributed by atoms with Crippen molar-refractivity contribution in [2.24, 2.45) is 0 Å². The largest absolute Gasteiger partial charge is 0.392 e. The normalized spacial score (nSPS) is 17.6. The fourth-order valence-corrected chi connectivity index (χ4v) is 4.17. The molecule has 3 rings (SSSR count). The Bertz CT molecular complexity index is 718. The number of aliphatic hydroxyl groups is 1. The standard InChI is InChI=1S/C19H24ClN3OS/c1-14-3-4-16(17-5-6-21-19(20)12-17)11-18(14)25-23-9-7-22(8-10-23)13-15(2)24/h3-6,11-12,15,24H,7-10,13H2,1-2H3. The van der Waals surface area contributed by atoms with Crippen molar-refractivity contribution in [2.45, 2.75) is 24.8 Å². The predicted molar refractivity (Wildman–Crippen MR) is 105 cm³/mol. The van der Waals surface area contributed by atoms with Gasteiger partial charge >= 0.3 is 0 Å². The lowest BCUT2D eigenvalue weighted by Crippen LogP contribution is -2.45. The Hall–Kier alpha value is -1.11. The van der Waals surface area contributed by atoms with Gasteiger partial charge in [-0.3, -0.25) is 4.90 Å². The lowest BCUT2D eigenvalue weighted by Gasteiger charge is -2.34. The molecule has 134 valence electrons. The molecule has 0 aliphatic carbocycles. The SMILES string of the molecule is Cc1ccc(-c2ccnc(Cl)c2)cc1SN1CCN(CC(C)O)CC1. The van der Waals surface area contributed by atoms with E-state index in [9.17, 15) is 5.11 Å². The number of β-amino-alcohol motifs (C(OH)–C–C–N with tert-alkyl or cyclic N) is 1. The van der Waals surface area contributed by atoms with Crippen LogP contribution in [0.15, 0.2) is 41.4 Å². The highest BCUT2D eigenvalue weighted by Crippen LogP contribution is 2.31. The molecule has 0 spiro atoms. The highest BCUT2D eigenvalue weighted by molar-refractivity contribution is 7.97. The number of hydrogen-bond acceptors (Lipinski definition) is 5. The van der Waals surface area contributed by atoms with Crippen molar-refractivity contribution >= 4 is 23.5 Å². The number of aromatic nitrogens is 1. The summed E-state index contributed by atoms with van der Waals surface area (Å²) >= 11 is 7.84. The first-order valence-corrected chi connectivity index (χ1v) is 9.72. The van der Waals surface area contributed by atoms with Gasteiger partial charge in [-0.1, -0.05) is 23.7 Å². The molecule has 0 bridgehead atoms. The summed E-state index contributed by atoms with van der Waals surface area (Å²) in [5.41, 5.74) is 3.52. The monoisotopic (exact) mass is 377 g/mol. The second-order valence-electron chi connectivity index (χ2n) is 6.52. The van der Waals surface area contributed by atoms with E-state index in [4.69, 9.17) is 11.6 Å². The summed E-state index contributed by atoms with van der Waals surface area (Å²) in [7, 11) is 0. The highest BCUT2D eigenvalue weighted by Gasteiger charge is 2.19. The van der Waals surface area contributed by atoms with Crippen molar-refractivity contribution in [1.29, 1.82) is 0 Å². The second kappa shape index (κ2) is 8.52. The number of pyridine rings is 1. The van der Waals surface area contributed by atoms with Crippen LogP contribution < -0.4 is 0 Å². The van der Waals surface area contributed by atoms with Crippen LogP contribution in [0, 0.1) is 6.92 Å². The molecule has 1 aliphatic heterocycles. The minimum atomic E-state index is -0.259. The molecule has 2 aromatic rings. The molecule has 1 N–H and O–H groups in total. The maximum absolute atomic E-state index is 9.53. The van der Waals surface area contributed by atoms with Gasteiger partial charge in [-0.25, -0.2) is 9.29 Å². The zero-order valence-corrected chi connectivity index (χ0v) is 16.2. The van der Waals surface area contributed by atoms with Crippen molar-refractivity contribution in [1.82, 2.24) is 14.2 Å². The number of aliphatic hydroxyl groups excluding tert-OH is 1. The summed E-state index contributed by atoms with van der Waals surface area (Å²) in [6, 6.07) is 10.4. The van der Waals surface area contributed by atoms with E-state index in [1.807, 2.05) is 31.0 Å². The average molecular weight is 378 g/mol. The van der Waals surface area contributed by atoms with E-state index in [0.717, 1.165) is 43.9 Å². The molecule has 1 saturated heterocycles. The van der Waals surface area contributed by atoms with Crippen LogP contribution in [0.5, 0.6) is 0 Å². The van der Waals surface area contributed by atoms with Crippen molar-refractivity contribution in [3.63, 3.8) is 0 Å². The van der Waals surface area contributed by atoms with Crippen LogP contribution in [-0.2, 0) is 0 Å². The zero-order valence-electron chi connectivity index (χ0n) is 14.7. The number of rotatable bonds is 5. The molecule has 1 aliphatic rings. The lowest BCUT2D eigenvalue weighted by molar-refractivity contribution is 0.105. The molecule has 0 saturated carbocycles. The van der Waals surface area contributed by atoms with Gasteiger partial charge in [-0.05, 0) is 60.7 Å². The van der Waals surface area contributed by atoms with Crippen molar-refractivity contribution in [2.75, 3.05) is 32.7 Å². The number of aryl methyl sites for hydroxylation is 1. The molecule has 4 nitrogen and oxygen atoms in total. The molecule has 6 heteroatoms. The van der Waals surface area contributed by atoms with Gasteiger partial charge in [-0.2, -0.15) is 0 Å². The molecule has 2 heterocycles. The summed E-state index contributed by atoms with van der Waals surface area (Å²) in [4.78, 5) is 7.65. The van der Waals surface area contributed by atoms with Crippen molar-refractivity contribution in [3.8, 4) is 11.1 Å². The lowest BCUT2D eigenvalue weighted by atomic mass is 10.1. The molecular formula is C19H24ClN3OS. The van der Waals surface area contributed by atoms with Gasteiger partial charge in [0.1, 0.15) is 5.15 Å². The van der Waals surface area contributed by atoms with Crippen LogP contribution >= 0.6 is 23.5 Å². The minimum Gasteiger partial charge on any atom is -0.392 e. The van der Waals surface area contributed by atoms with Gasteiger partial charge in [0.2, 0.25) is 0 Å². The van der Waals surface area contributed by atoms with Gasteiger partial charge in [0.15, 0.2) is 0 Å². The maximum Gasteiger partial charge on any atom is 0.129 e. The van der Waals surface area contributed by atoms with Crippen molar-refractivity contribution in [3.05, 3.63) is 47.2 Å². The smallest absolute Gasteiger partial charge is 0.129 e. The summed E-state index contributed by atoms with van der Waals surface area (Å²) in [5, 5.41) is 10.0. The third-order valence-corrected chi connectivity index (χ3v) is 5.80. The minimum absolute atomic E-state index is 0.259. The average Bonchev–Trinajstić information content (AvgIpc) is 2.58. The molecule has 1 aromatic carbocycles. The quantitative estimate of drug-likeness (QED) is 0.635. The Kier molecular flexibility index (Phi) is 6.36. The van der Waals surface area contributed by atoms with Crippen molar-refractivity contribution < 1.29 is 5.11 Å². The molecule has 25 heavy (non-hydrogen) atoms. The Morgan fingerprint density at radius 1 is 1.16 bits per heavy atom. The topological polar surface area (TPSA) is 39.6 Å². The van der Waals surface area contributed by atoms with E-state index in [1.165, 1.54) is 10.5 Å². The highest BCUT2D eigenvalue weighted by atomic mass is 35.5. The zero-order chi connectivity index (χ0) is 17.8. The van der Waals surface area contributed by atoms with Crippen LogP contribution in [0.3, 0.4) is 0 Å². The number of benzene rings is 1. The molecule has 0 radical (unpaired) electrons. The van der Waals surface area contributed by atoms with E-state index in [-0.39, 0.29) is 6.10 Å². The van der Waals surface area contributed by atoms with Crippen LogP contribution in [-0.4, -0.2) is 58.1 Å². The summed E-state index contributed by atoms with van der Waals surface area (Å²) in [6.45, 7) is 8.75. The Labute approximate surface area is 158 Å². The van der Waals surface area contributed by atoms with Gasteiger partial charge in [0.25, 0.3) is 0 Å². The molecule has 1 aromatic heterocycles. The summed E-state index contributed by atoms with van der Waals surface area (Å²) in [5.74, 6) is 0. The first-order chi connectivity index (χ1) is 12.0. The van der Waals surface area contributed by atoms with Gasteiger partial charge in [0.05, 0.1) is 6.10 Å². The third-order valence-electron chi connectivity index (χ3n) is 4.33. The molecule has 1 fully saturated rings. The molecule has 1 atom stereocenters. The number of piperazine rings is 1. The second-order valence-corrected chi connectivity index (χ2v) is 8.04. The fraction of sp³-hybridized carbons (Fsp3) is 0.421. The van der Waals surface area contributed by atoms with E-state index < -0.39 is 0 Å². The summed E-state index contributed by atoms with van der Waals surface area (Å²) < 4.78 is 2.41. The van der Waals surface area contributed by atoms with Crippen LogP contribution in [0.25, 0.3) is 11.1 Å². The molecule has 1 unspecified atom stereocenters. The number of hydrogen-bond donors (Lipinski definition) is 1. The first kappa shape index (κ1) is 18.7. The maximum atomic E-state index is 9.53. The van der Waals surface area contributed by atoms with Crippen LogP contribution in [0.2, 0.25) is 5.15 Å². The Morgan fingerprint density at radius 2 is 1.88 bits per heavy atom. The molecule has 0 amide bonds. The first-order valence-electron chi connectivity index (χ1n) is 8.57.